The molecule has 0 spiro atoms. The third kappa shape index (κ3) is 10.6. The summed E-state index contributed by atoms with van der Waals surface area (Å²) < 4.78 is 0. The highest BCUT2D eigenvalue weighted by Gasteiger charge is 2.22. The Bertz CT molecular complexity index is 245. The molecule has 0 radical (unpaired) electrons. The van der Waals surface area contributed by atoms with Gasteiger partial charge in [0.05, 0.1) is 0 Å². The summed E-state index contributed by atoms with van der Waals surface area (Å²) >= 11 is 0. The van der Waals surface area contributed by atoms with Crippen molar-refractivity contribution in [1.82, 2.24) is 0 Å². The molecule has 0 aliphatic heterocycles. The highest BCUT2D eigenvalue weighted by Crippen LogP contribution is 2.28. The van der Waals surface area contributed by atoms with Crippen LogP contribution in [0.25, 0.3) is 0 Å². The van der Waals surface area contributed by atoms with Crippen LogP contribution in [0.3, 0.4) is 0 Å². The van der Waals surface area contributed by atoms with Crippen LogP contribution in [0, 0.1) is 16.7 Å². The number of carbonyl (C=O) groups is 1. The summed E-state index contributed by atoms with van der Waals surface area (Å²) in [6, 6.07) is 0. The molecule has 0 saturated heterocycles. The fourth-order valence-corrected chi connectivity index (χ4v) is 2.31. The summed E-state index contributed by atoms with van der Waals surface area (Å²) in [5.74, 6) is -0.0691. The Morgan fingerprint density at radius 1 is 0.944 bits per heavy atom. The van der Waals surface area contributed by atoms with Crippen molar-refractivity contribution in [2.45, 2.75) is 80.1 Å². The second-order valence-corrected chi connectivity index (χ2v) is 8.02. The van der Waals surface area contributed by atoms with Crippen molar-refractivity contribution in [3.63, 3.8) is 0 Å². The van der Waals surface area contributed by atoms with Gasteiger partial charge in [0.15, 0.2) is 0 Å². The fourth-order valence-electron chi connectivity index (χ4n) is 2.31. The lowest BCUT2D eigenvalue weighted by Crippen LogP contribution is -2.27. The molecule has 0 aliphatic carbocycles. The van der Waals surface area contributed by atoms with Crippen LogP contribution in [-0.2, 0) is 4.79 Å². The molecule has 0 fully saturated rings. The minimum absolute atomic E-state index is 0.0552. The first-order chi connectivity index (χ1) is 8.01. The summed E-state index contributed by atoms with van der Waals surface area (Å²) in [6.45, 7) is 13.3. The second kappa shape index (κ2) is 7.16. The molecule has 18 heavy (non-hydrogen) atoms. The van der Waals surface area contributed by atoms with E-state index in [2.05, 4.69) is 41.5 Å². The molecule has 2 nitrogen and oxygen atoms in total. The SMILES string of the molecule is CC(C)(C)CCCCC[C@H](CC(C)(C)C)C(N)=O. The Morgan fingerprint density at radius 2 is 1.50 bits per heavy atom. The maximum atomic E-state index is 11.4. The number of primary amides is 1. The molecular formula is C16H33NO. The summed E-state index contributed by atoms with van der Waals surface area (Å²) in [6.07, 6.45) is 6.71. The zero-order chi connectivity index (χ0) is 14.4. The zero-order valence-electron chi connectivity index (χ0n) is 13.3. The molecule has 1 amide bonds. The second-order valence-electron chi connectivity index (χ2n) is 8.02. The normalized spacial score (nSPS) is 14.6. The van der Waals surface area contributed by atoms with E-state index in [0.717, 1.165) is 19.3 Å². The van der Waals surface area contributed by atoms with E-state index in [-0.39, 0.29) is 17.2 Å². The largest absolute Gasteiger partial charge is 0.369 e. The van der Waals surface area contributed by atoms with Crippen LogP contribution in [0.1, 0.15) is 80.1 Å². The lowest BCUT2D eigenvalue weighted by atomic mass is 9.82. The molecule has 0 bridgehead atoms. The van der Waals surface area contributed by atoms with E-state index in [1.54, 1.807) is 0 Å². The number of hydrogen-bond donors (Lipinski definition) is 1. The van der Waals surface area contributed by atoms with Crippen LogP contribution < -0.4 is 5.73 Å². The molecule has 0 saturated carbocycles. The average Bonchev–Trinajstić information content (AvgIpc) is 2.11. The maximum Gasteiger partial charge on any atom is 0.220 e. The van der Waals surface area contributed by atoms with E-state index < -0.39 is 0 Å². The Labute approximate surface area is 114 Å². The van der Waals surface area contributed by atoms with Crippen LogP contribution >= 0.6 is 0 Å². The predicted octanol–water partition coefficient (Wildman–Crippen LogP) is 4.52. The molecule has 0 rings (SSSR count). The number of rotatable bonds is 7. The molecule has 0 heterocycles. The van der Waals surface area contributed by atoms with Crippen molar-refractivity contribution in [3.05, 3.63) is 0 Å². The molecule has 0 aromatic rings. The van der Waals surface area contributed by atoms with Gasteiger partial charge in [0.2, 0.25) is 5.91 Å². The summed E-state index contributed by atoms with van der Waals surface area (Å²) in [7, 11) is 0. The molecule has 0 aliphatic rings. The number of carbonyl (C=O) groups excluding carboxylic acids is 1. The standard InChI is InChI=1S/C16H33NO/c1-15(2,3)11-9-7-8-10-13(14(17)18)12-16(4,5)6/h13H,7-12H2,1-6H3,(H2,17,18)/t13-/m1/s1. The summed E-state index contributed by atoms with van der Waals surface area (Å²) in [5.41, 5.74) is 6.10. The van der Waals surface area contributed by atoms with Gasteiger partial charge in [-0.15, -0.1) is 0 Å². The zero-order valence-corrected chi connectivity index (χ0v) is 13.3. The molecule has 0 unspecified atom stereocenters. The van der Waals surface area contributed by atoms with E-state index in [1.165, 1.54) is 19.3 Å². The maximum absolute atomic E-state index is 11.4. The van der Waals surface area contributed by atoms with E-state index in [1.807, 2.05) is 0 Å². The molecule has 1 atom stereocenters. The van der Waals surface area contributed by atoms with Gasteiger partial charge < -0.3 is 5.73 Å². The van der Waals surface area contributed by atoms with Gasteiger partial charge in [0.25, 0.3) is 0 Å². The lowest BCUT2D eigenvalue weighted by molar-refractivity contribution is -0.123. The number of amides is 1. The highest BCUT2D eigenvalue weighted by atomic mass is 16.1. The van der Waals surface area contributed by atoms with E-state index >= 15 is 0 Å². The monoisotopic (exact) mass is 255 g/mol. The molecule has 0 aromatic heterocycles. The van der Waals surface area contributed by atoms with Crippen molar-refractivity contribution in [2.75, 3.05) is 0 Å². The van der Waals surface area contributed by atoms with Gasteiger partial charge in [-0.2, -0.15) is 0 Å². The van der Waals surface area contributed by atoms with Gasteiger partial charge in [0.1, 0.15) is 0 Å². The van der Waals surface area contributed by atoms with Crippen LogP contribution in [0.2, 0.25) is 0 Å². The Balaban J connectivity index is 3.89. The first kappa shape index (κ1) is 17.5. The minimum atomic E-state index is -0.124. The van der Waals surface area contributed by atoms with Crippen molar-refractivity contribution in [2.24, 2.45) is 22.5 Å². The lowest BCUT2D eigenvalue weighted by Gasteiger charge is -2.24. The van der Waals surface area contributed by atoms with Gasteiger partial charge in [-0.1, -0.05) is 60.8 Å². The van der Waals surface area contributed by atoms with Crippen molar-refractivity contribution in [1.29, 1.82) is 0 Å². The third-order valence-electron chi connectivity index (χ3n) is 3.24. The number of nitrogens with two attached hydrogens (primary N) is 1. The van der Waals surface area contributed by atoms with Crippen LogP contribution in [0.4, 0.5) is 0 Å². The smallest absolute Gasteiger partial charge is 0.220 e. The highest BCUT2D eigenvalue weighted by molar-refractivity contribution is 5.76. The topological polar surface area (TPSA) is 43.1 Å². The van der Waals surface area contributed by atoms with Crippen molar-refractivity contribution < 1.29 is 4.79 Å². The van der Waals surface area contributed by atoms with Crippen molar-refractivity contribution in [3.8, 4) is 0 Å². The first-order valence-electron chi connectivity index (χ1n) is 7.31. The predicted molar refractivity (Wildman–Crippen MR) is 79.3 cm³/mol. The van der Waals surface area contributed by atoms with Gasteiger partial charge in [-0.3, -0.25) is 4.79 Å². The van der Waals surface area contributed by atoms with Gasteiger partial charge in [-0.25, -0.2) is 0 Å². The third-order valence-corrected chi connectivity index (χ3v) is 3.24. The van der Waals surface area contributed by atoms with Crippen LogP contribution in [-0.4, -0.2) is 5.91 Å². The minimum Gasteiger partial charge on any atom is -0.369 e. The Morgan fingerprint density at radius 3 is 1.89 bits per heavy atom. The number of hydrogen-bond acceptors (Lipinski definition) is 1. The molecule has 2 N–H and O–H groups in total. The number of unbranched alkanes of at least 4 members (excludes halogenated alkanes) is 2. The Kier molecular flexibility index (Phi) is 6.94. The summed E-state index contributed by atoms with van der Waals surface area (Å²) in [4.78, 5) is 11.4. The quantitative estimate of drug-likeness (QED) is 0.668. The van der Waals surface area contributed by atoms with Gasteiger partial charge in [0, 0.05) is 5.92 Å². The molecular weight excluding hydrogens is 222 g/mol. The first-order valence-corrected chi connectivity index (χ1v) is 7.31. The van der Waals surface area contributed by atoms with Gasteiger partial charge >= 0.3 is 0 Å². The van der Waals surface area contributed by atoms with Crippen LogP contribution in [0.5, 0.6) is 0 Å². The van der Waals surface area contributed by atoms with E-state index in [0.29, 0.717) is 5.41 Å². The molecule has 108 valence electrons. The Hall–Kier alpha value is -0.530. The van der Waals surface area contributed by atoms with Crippen molar-refractivity contribution >= 4 is 5.91 Å². The molecule has 2 heteroatoms. The molecule has 0 aromatic carbocycles. The fraction of sp³-hybridized carbons (Fsp3) is 0.938. The average molecular weight is 255 g/mol. The van der Waals surface area contributed by atoms with Gasteiger partial charge in [-0.05, 0) is 30.1 Å². The van der Waals surface area contributed by atoms with Crippen LogP contribution in [0.15, 0.2) is 0 Å². The van der Waals surface area contributed by atoms with E-state index in [4.69, 9.17) is 5.73 Å². The summed E-state index contributed by atoms with van der Waals surface area (Å²) in [5, 5.41) is 0. The van der Waals surface area contributed by atoms with E-state index in [9.17, 15) is 4.79 Å².